The van der Waals surface area contributed by atoms with Crippen LogP contribution in [-0.2, 0) is 41.2 Å². The van der Waals surface area contributed by atoms with Gasteiger partial charge in [0.05, 0.1) is 17.7 Å². The minimum absolute atomic E-state index is 0.0369. The van der Waals surface area contributed by atoms with Gasteiger partial charge >= 0.3 is 29.5 Å². The molecule has 0 aromatic carbocycles. The number of aliphatic hydroxyl groups is 1. The van der Waals surface area contributed by atoms with E-state index in [1.807, 2.05) is 0 Å². The highest BCUT2D eigenvalue weighted by molar-refractivity contribution is 8.76. The second kappa shape index (κ2) is 23.2. The average molecular weight is 896 g/mol. The molecular formula is C25H44N11O15P3S2. The Morgan fingerprint density at radius 3 is 2.68 bits per heavy atom. The van der Waals surface area contributed by atoms with Gasteiger partial charge in [-0.05, 0) is 24.8 Å². The Morgan fingerprint density at radius 2 is 1.96 bits per heavy atom. The van der Waals surface area contributed by atoms with Crippen molar-refractivity contribution in [1.29, 1.82) is 0 Å². The molecule has 1 fully saturated rings. The van der Waals surface area contributed by atoms with E-state index in [1.54, 1.807) is 28.5 Å². The number of guanidine groups is 1. The van der Waals surface area contributed by atoms with E-state index < -0.39 is 67.4 Å². The maximum absolute atomic E-state index is 12.5. The van der Waals surface area contributed by atoms with Gasteiger partial charge in [0, 0.05) is 49.0 Å². The van der Waals surface area contributed by atoms with Crippen LogP contribution in [0.3, 0.4) is 0 Å². The first-order valence-corrected chi connectivity index (χ1v) is 23.4. The predicted octanol–water partition coefficient (Wildman–Crippen LogP) is 1.50. The molecule has 0 spiro atoms. The van der Waals surface area contributed by atoms with E-state index in [0.717, 1.165) is 30.1 Å². The van der Waals surface area contributed by atoms with E-state index in [9.17, 15) is 33.4 Å². The van der Waals surface area contributed by atoms with Crippen LogP contribution in [0.5, 0.6) is 0 Å². The molecule has 1 aromatic heterocycles. The second-order valence-electron chi connectivity index (χ2n) is 11.4. The topological polar surface area (TPSA) is 382 Å². The molecule has 1 saturated heterocycles. The Bertz CT molecular complexity index is 1760. The summed E-state index contributed by atoms with van der Waals surface area (Å²) in [5.41, 5.74) is 20.5. The third kappa shape index (κ3) is 16.8. The number of phosphoric acid groups is 3. The van der Waals surface area contributed by atoms with E-state index in [4.69, 9.17) is 45.6 Å². The van der Waals surface area contributed by atoms with Crippen molar-refractivity contribution < 1.29 is 70.6 Å². The van der Waals surface area contributed by atoms with Crippen LogP contribution in [0.1, 0.15) is 49.8 Å². The van der Waals surface area contributed by atoms with Crippen molar-refractivity contribution in [2.24, 2.45) is 27.5 Å². The number of amides is 2. The molecule has 0 radical (unpaired) electrons. The van der Waals surface area contributed by atoms with Crippen molar-refractivity contribution in [3.8, 4) is 11.8 Å². The summed E-state index contributed by atoms with van der Waals surface area (Å²) in [6.07, 6.45) is 0.116. The largest absolute Gasteiger partial charge is 0.490 e. The SMILES string of the molecule is C[C@H]1CN(OCN=[N+]=[N-])[C@@H](COP(=O)(O)OP(=O)(O)OP(=O)(O)O)O[C@H]1n1cc(C#CCNC(=O)NCCCCCOCSSCCN)c2c1N=C(N)NC2O. The molecule has 56 heavy (non-hydrogen) atoms. The van der Waals surface area contributed by atoms with Gasteiger partial charge in [-0.15, -0.1) is 0 Å². The number of fused-ring (bicyclic) bond motifs is 1. The molecule has 12 N–H and O–H groups in total. The van der Waals surface area contributed by atoms with Gasteiger partial charge in [-0.2, -0.15) is 18.7 Å². The lowest BCUT2D eigenvalue weighted by Gasteiger charge is -2.42. The van der Waals surface area contributed by atoms with Crippen LogP contribution >= 0.6 is 45.1 Å². The third-order valence-corrected chi connectivity index (χ3v) is 13.0. The van der Waals surface area contributed by atoms with Crippen molar-refractivity contribution in [2.45, 2.75) is 44.9 Å². The molecule has 3 rings (SSSR count). The minimum Gasteiger partial charge on any atom is -0.370 e. The highest BCUT2D eigenvalue weighted by Crippen LogP contribution is 2.66. The Hall–Kier alpha value is -2.44. The zero-order valence-electron chi connectivity index (χ0n) is 29.7. The molecule has 2 aliphatic heterocycles. The molecule has 1 aromatic rings. The van der Waals surface area contributed by atoms with Crippen molar-refractivity contribution in [2.75, 3.05) is 57.8 Å². The fourth-order valence-corrected chi connectivity index (χ4v) is 9.41. The maximum atomic E-state index is 12.5. The zero-order chi connectivity index (χ0) is 41.4. The lowest BCUT2D eigenvalue weighted by molar-refractivity contribution is -0.320. The Labute approximate surface area is 328 Å². The third-order valence-electron chi connectivity index (χ3n) is 7.04. The summed E-state index contributed by atoms with van der Waals surface area (Å²) in [5, 5.41) is 23.2. The molecule has 0 aliphatic carbocycles. The summed E-state index contributed by atoms with van der Waals surface area (Å²) in [6, 6.07) is -0.429. The highest BCUT2D eigenvalue weighted by Gasteiger charge is 2.43. The van der Waals surface area contributed by atoms with E-state index in [1.165, 1.54) is 10.8 Å². The van der Waals surface area contributed by atoms with E-state index >= 15 is 0 Å². The zero-order valence-corrected chi connectivity index (χ0v) is 34.0. The summed E-state index contributed by atoms with van der Waals surface area (Å²) < 4.78 is 60.6. The molecule has 2 amide bonds. The normalized spacial score (nSPS) is 21.9. The Kier molecular flexibility index (Phi) is 19.9. The van der Waals surface area contributed by atoms with Gasteiger partial charge < -0.3 is 66.1 Å². The number of unbranched alkanes of at least 4 members (excludes halogenated alkanes) is 2. The predicted molar refractivity (Wildman–Crippen MR) is 201 cm³/mol. The molecule has 26 nitrogen and oxygen atoms in total. The van der Waals surface area contributed by atoms with Gasteiger partial charge in [-0.1, -0.05) is 45.5 Å². The standard InChI is InChI=1S/C25H44N11O15P3S2/c1-17-12-36(47-15-31-34-28)19(14-48-53(42,43)51-54(44,45)50-52(39,40)41)49-23(17)35-13-18(20-21(35)32-24(27)33-22(20)37)6-5-9-30-25(38)29-8-3-2-4-10-46-16-56-55-11-7-26/h13,17,19,22-23,37H,2-4,7-12,14-16,26H2,1H3,(H,42,43)(H,44,45)(H3,27,32,33)(H2,29,30,38)(H2,39,40,41)/t17-,19+,22?,23+/m0/s1. The number of hydrogen-bond acceptors (Lipinski definition) is 19. The van der Waals surface area contributed by atoms with Crippen LogP contribution in [0.25, 0.3) is 10.4 Å². The summed E-state index contributed by atoms with van der Waals surface area (Å²) in [5.74, 6) is 6.60. The lowest BCUT2D eigenvalue weighted by atomic mass is 10.1. The molecule has 2 aliphatic rings. The van der Waals surface area contributed by atoms with Crippen molar-refractivity contribution >= 4 is 62.9 Å². The van der Waals surface area contributed by atoms with Crippen LogP contribution in [0.15, 0.2) is 16.3 Å². The van der Waals surface area contributed by atoms with E-state index in [0.29, 0.717) is 25.6 Å². The Balaban J connectivity index is 1.68. The summed E-state index contributed by atoms with van der Waals surface area (Å²) in [4.78, 5) is 61.6. The smallest absolute Gasteiger partial charge is 0.370 e. The lowest BCUT2D eigenvalue weighted by Crippen LogP contribution is -2.50. The number of carbonyl (C=O) groups excluding carboxylic acids is 1. The summed E-state index contributed by atoms with van der Waals surface area (Å²) in [7, 11) is -13.8. The number of hydrogen-bond donors (Lipinski definition) is 10. The van der Waals surface area contributed by atoms with Gasteiger partial charge in [0.15, 0.2) is 18.4 Å². The number of aromatic nitrogens is 1. The Morgan fingerprint density at radius 1 is 1.20 bits per heavy atom. The fraction of sp³-hybridized carbons (Fsp3) is 0.680. The van der Waals surface area contributed by atoms with Crippen LogP contribution in [0, 0.1) is 17.8 Å². The van der Waals surface area contributed by atoms with Gasteiger partial charge in [-0.25, -0.2) is 18.5 Å². The number of hydroxylamine groups is 2. The monoisotopic (exact) mass is 895 g/mol. The number of nitrogens with one attached hydrogen (secondary N) is 3. The van der Waals surface area contributed by atoms with E-state index in [2.05, 4.69) is 51.4 Å². The number of nitrogens with zero attached hydrogens (tertiary/aromatic N) is 6. The highest BCUT2D eigenvalue weighted by atomic mass is 33.1. The number of nitrogens with two attached hydrogens (primary N) is 2. The fourth-order valence-electron chi connectivity index (χ4n) is 4.88. The first-order valence-electron chi connectivity index (χ1n) is 16.4. The molecule has 3 heterocycles. The molecular weight excluding hydrogens is 851 g/mol. The van der Waals surface area contributed by atoms with Gasteiger partial charge in [0.25, 0.3) is 0 Å². The number of carbonyl (C=O) groups is 1. The minimum atomic E-state index is -5.82. The van der Waals surface area contributed by atoms with Crippen LogP contribution in [0.4, 0.5) is 10.6 Å². The van der Waals surface area contributed by atoms with Crippen molar-refractivity contribution in [3.63, 3.8) is 0 Å². The maximum Gasteiger partial charge on any atom is 0.490 e. The number of azide groups is 1. The first-order chi connectivity index (χ1) is 26.4. The molecule has 0 saturated carbocycles. The number of aliphatic hydroxyl groups excluding tert-OH is 1. The molecule has 31 heteroatoms. The summed E-state index contributed by atoms with van der Waals surface area (Å²) >= 11 is 0. The second-order valence-corrected chi connectivity index (χ2v) is 18.3. The van der Waals surface area contributed by atoms with Gasteiger partial charge in [-0.3, -0.25) is 9.36 Å². The number of ether oxygens (including phenoxy) is 2. The number of rotatable bonds is 23. The molecule has 6 atom stereocenters. The summed E-state index contributed by atoms with van der Waals surface area (Å²) in [6.45, 7) is 1.79. The quantitative estimate of drug-likeness (QED) is 0.0109. The van der Waals surface area contributed by atoms with Crippen LogP contribution in [-0.4, -0.2) is 110 Å². The molecule has 316 valence electrons. The van der Waals surface area contributed by atoms with Crippen molar-refractivity contribution in [1.82, 2.24) is 25.6 Å². The molecule has 3 unspecified atom stereocenters. The number of aliphatic imine (C=N–C) groups is 1. The van der Waals surface area contributed by atoms with Crippen LogP contribution < -0.4 is 27.4 Å². The first kappa shape index (κ1) is 47.9. The molecule has 0 bridgehead atoms. The average Bonchev–Trinajstić information content (AvgIpc) is 3.45. The number of urea groups is 1. The van der Waals surface area contributed by atoms with Gasteiger partial charge in [0.2, 0.25) is 0 Å². The van der Waals surface area contributed by atoms with Gasteiger partial charge in [0.1, 0.15) is 31.3 Å². The van der Waals surface area contributed by atoms with Crippen LogP contribution in [0.2, 0.25) is 0 Å². The number of phosphoric ester groups is 1. The van der Waals surface area contributed by atoms with Crippen molar-refractivity contribution in [3.05, 3.63) is 27.8 Å². The van der Waals surface area contributed by atoms with E-state index in [-0.39, 0.29) is 36.0 Å².